The molecule has 3 nitrogen and oxygen atoms in total. The van der Waals surface area contributed by atoms with E-state index in [1.165, 1.54) is 0 Å². The van der Waals surface area contributed by atoms with Gasteiger partial charge in [-0.3, -0.25) is 9.48 Å². The molecule has 1 heterocycles. The molecule has 0 fully saturated rings. The maximum Gasteiger partial charge on any atom is 0.134 e. The first-order valence-electron chi connectivity index (χ1n) is 3.27. The van der Waals surface area contributed by atoms with Crippen LogP contribution in [0.25, 0.3) is 0 Å². The molecule has 0 radical (unpaired) electrons. The van der Waals surface area contributed by atoms with Crippen LogP contribution in [0.2, 0.25) is 0 Å². The maximum absolute atomic E-state index is 10.7. The number of rotatable bonds is 2. The molecule has 0 N–H and O–H groups in total. The van der Waals surface area contributed by atoms with Crippen molar-refractivity contribution in [3.8, 4) is 0 Å². The number of Topliss-reactive ketones (excluding diaryl/α,β-unsaturated/α-hetero) is 1. The van der Waals surface area contributed by atoms with E-state index in [1.54, 1.807) is 17.8 Å². The average molecular weight is 217 g/mol. The van der Waals surface area contributed by atoms with Gasteiger partial charge in [-0.1, -0.05) is 0 Å². The van der Waals surface area contributed by atoms with Gasteiger partial charge in [-0.2, -0.15) is 5.10 Å². The van der Waals surface area contributed by atoms with Crippen LogP contribution in [0.15, 0.2) is 10.8 Å². The van der Waals surface area contributed by atoms with Gasteiger partial charge in [0.25, 0.3) is 0 Å². The minimum atomic E-state index is 0.152. The lowest BCUT2D eigenvalue weighted by Crippen LogP contribution is -1.96. The molecule has 11 heavy (non-hydrogen) atoms. The van der Waals surface area contributed by atoms with Crippen LogP contribution in [0.5, 0.6) is 0 Å². The number of ketones is 1. The van der Waals surface area contributed by atoms with E-state index in [-0.39, 0.29) is 5.78 Å². The Hall–Kier alpha value is -0.640. The average Bonchev–Trinajstić information content (AvgIpc) is 2.18. The zero-order valence-electron chi connectivity index (χ0n) is 6.47. The second-order valence-corrected chi connectivity index (χ2v) is 3.21. The molecular weight excluding hydrogens is 208 g/mol. The molecule has 0 saturated heterocycles. The van der Waals surface area contributed by atoms with Gasteiger partial charge >= 0.3 is 0 Å². The van der Waals surface area contributed by atoms with E-state index in [0.29, 0.717) is 6.42 Å². The molecule has 4 heteroatoms. The minimum absolute atomic E-state index is 0.152. The molecule has 0 atom stereocenters. The van der Waals surface area contributed by atoms with Crippen LogP contribution in [0.3, 0.4) is 0 Å². The Labute approximate surface area is 73.5 Å². The van der Waals surface area contributed by atoms with Gasteiger partial charge in [0.2, 0.25) is 0 Å². The normalized spacial score (nSPS) is 10.1. The number of hydrogen-bond acceptors (Lipinski definition) is 2. The van der Waals surface area contributed by atoms with Crippen molar-refractivity contribution in [2.45, 2.75) is 13.3 Å². The van der Waals surface area contributed by atoms with Gasteiger partial charge in [0.15, 0.2) is 0 Å². The zero-order chi connectivity index (χ0) is 8.43. The molecule has 1 aromatic heterocycles. The van der Waals surface area contributed by atoms with Crippen molar-refractivity contribution in [3.05, 3.63) is 16.4 Å². The molecule has 0 aromatic carbocycles. The Bertz CT molecular complexity index is 280. The highest BCUT2D eigenvalue weighted by atomic mass is 79.9. The zero-order valence-corrected chi connectivity index (χ0v) is 8.05. The van der Waals surface area contributed by atoms with E-state index in [9.17, 15) is 4.79 Å². The van der Waals surface area contributed by atoms with Crippen LogP contribution < -0.4 is 0 Å². The van der Waals surface area contributed by atoms with Crippen LogP contribution in [-0.4, -0.2) is 15.6 Å². The van der Waals surface area contributed by atoms with Gasteiger partial charge in [0.05, 0.1) is 6.20 Å². The van der Waals surface area contributed by atoms with E-state index < -0.39 is 0 Å². The van der Waals surface area contributed by atoms with Crippen molar-refractivity contribution in [2.75, 3.05) is 0 Å². The summed E-state index contributed by atoms with van der Waals surface area (Å²) in [6, 6.07) is 0. The largest absolute Gasteiger partial charge is 0.300 e. The Morgan fingerprint density at radius 1 is 1.82 bits per heavy atom. The predicted octanol–water partition coefficient (Wildman–Crippen LogP) is 1.31. The smallest absolute Gasteiger partial charge is 0.134 e. The molecule has 0 unspecified atom stereocenters. The lowest BCUT2D eigenvalue weighted by molar-refractivity contribution is -0.116. The van der Waals surface area contributed by atoms with Crippen LogP contribution in [0.4, 0.5) is 0 Å². The van der Waals surface area contributed by atoms with E-state index in [0.717, 1.165) is 10.2 Å². The first kappa shape index (κ1) is 8.46. The Morgan fingerprint density at radius 3 is 2.82 bits per heavy atom. The molecule has 0 aliphatic carbocycles. The van der Waals surface area contributed by atoms with Gasteiger partial charge in [-0.15, -0.1) is 0 Å². The fraction of sp³-hybridized carbons (Fsp3) is 0.429. The van der Waals surface area contributed by atoms with Crippen LogP contribution in [-0.2, 0) is 18.3 Å². The molecular formula is C7H9BrN2O. The van der Waals surface area contributed by atoms with Gasteiger partial charge in [0, 0.05) is 19.0 Å². The highest BCUT2D eigenvalue weighted by Crippen LogP contribution is 2.15. The summed E-state index contributed by atoms with van der Waals surface area (Å²) in [6.07, 6.45) is 2.15. The highest BCUT2D eigenvalue weighted by molar-refractivity contribution is 9.10. The molecule has 1 rings (SSSR count). The molecule has 0 bridgehead atoms. The molecule has 1 aromatic rings. The van der Waals surface area contributed by atoms with E-state index in [4.69, 9.17) is 0 Å². The molecule has 0 aliphatic rings. The third-order valence-corrected chi connectivity index (χ3v) is 2.40. The second-order valence-electron chi connectivity index (χ2n) is 2.46. The molecule has 0 saturated carbocycles. The topological polar surface area (TPSA) is 34.9 Å². The van der Waals surface area contributed by atoms with Crippen LogP contribution in [0, 0.1) is 0 Å². The van der Waals surface area contributed by atoms with Gasteiger partial charge in [-0.25, -0.2) is 0 Å². The van der Waals surface area contributed by atoms with Crippen LogP contribution in [0.1, 0.15) is 12.5 Å². The van der Waals surface area contributed by atoms with Gasteiger partial charge in [0.1, 0.15) is 10.4 Å². The lowest BCUT2D eigenvalue weighted by atomic mass is 10.2. The van der Waals surface area contributed by atoms with Crippen molar-refractivity contribution in [1.82, 2.24) is 9.78 Å². The SMILES string of the molecule is CC(=O)Cc1cnn(C)c1Br. The van der Waals surface area contributed by atoms with Crippen molar-refractivity contribution >= 4 is 21.7 Å². The van der Waals surface area contributed by atoms with Gasteiger partial charge < -0.3 is 0 Å². The summed E-state index contributed by atoms with van der Waals surface area (Å²) in [4.78, 5) is 10.7. The van der Waals surface area contributed by atoms with Crippen molar-refractivity contribution < 1.29 is 4.79 Å². The minimum Gasteiger partial charge on any atom is -0.300 e. The highest BCUT2D eigenvalue weighted by Gasteiger charge is 2.06. The summed E-state index contributed by atoms with van der Waals surface area (Å²) in [5.74, 6) is 0.152. The first-order valence-corrected chi connectivity index (χ1v) is 4.06. The summed E-state index contributed by atoms with van der Waals surface area (Å²) in [6.45, 7) is 1.57. The number of carbonyl (C=O) groups excluding carboxylic acids is 1. The Morgan fingerprint density at radius 2 is 2.45 bits per heavy atom. The summed E-state index contributed by atoms with van der Waals surface area (Å²) < 4.78 is 2.57. The quantitative estimate of drug-likeness (QED) is 0.748. The van der Waals surface area contributed by atoms with Crippen LogP contribution >= 0.6 is 15.9 Å². The predicted molar refractivity (Wildman–Crippen MR) is 45.3 cm³/mol. The standard InChI is InChI=1S/C7H9BrN2O/c1-5(11)3-6-4-9-10(2)7(6)8/h4H,3H2,1-2H3. The van der Waals surface area contributed by atoms with Gasteiger partial charge in [-0.05, 0) is 22.9 Å². The number of aryl methyl sites for hydroxylation is 1. The first-order chi connectivity index (χ1) is 5.11. The molecule has 0 spiro atoms. The second kappa shape index (κ2) is 3.17. The summed E-state index contributed by atoms with van der Waals surface area (Å²) in [7, 11) is 1.83. The van der Waals surface area contributed by atoms with Crippen molar-refractivity contribution in [1.29, 1.82) is 0 Å². The Kier molecular flexibility index (Phi) is 2.44. The lowest BCUT2D eigenvalue weighted by Gasteiger charge is -1.93. The molecule has 60 valence electrons. The number of hydrogen-bond donors (Lipinski definition) is 0. The molecule has 0 aliphatic heterocycles. The number of halogens is 1. The fourth-order valence-corrected chi connectivity index (χ4v) is 1.19. The number of nitrogens with zero attached hydrogens (tertiary/aromatic N) is 2. The summed E-state index contributed by atoms with van der Waals surface area (Å²) >= 11 is 3.33. The summed E-state index contributed by atoms with van der Waals surface area (Å²) in [5, 5.41) is 3.99. The number of carbonyl (C=O) groups is 1. The van der Waals surface area contributed by atoms with E-state index in [2.05, 4.69) is 21.0 Å². The third kappa shape index (κ3) is 1.89. The maximum atomic E-state index is 10.7. The van der Waals surface area contributed by atoms with E-state index >= 15 is 0 Å². The number of aromatic nitrogens is 2. The Balaban J connectivity index is 2.87. The summed E-state index contributed by atoms with van der Waals surface area (Å²) in [5.41, 5.74) is 0.944. The van der Waals surface area contributed by atoms with Crippen molar-refractivity contribution in [2.24, 2.45) is 7.05 Å². The van der Waals surface area contributed by atoms with Crippen molar-refractivity contribution in [3.63, 3.8) is 0 Å². The third-order valence-electron chi connectivity index (χ3n) is 1.38. The monoisotopic (exact) mass is 216 g/mol. The fourth-order valence-electron chi connectivity index (χ4n) is 0.855. The molecule has 0 amide bonds. The van der Waals surface area contributed by atoms with E-state index in [1.807, 2.05) is 7.05 Å².